The second kappa shape index (κ2) is 3.19. The average Bonchev–Trinajstić information content (AvgIpc) is 2.58. The molecule has 0 amide bonds. The van der Waals surface area contributed by atoms with Crippen molar-refractivity contribution in [3.05, 3.63) is 0 Å². The smallest absolute Gasteiger partial charge is 0.171 e. The molecular weight excluding hydrogens is 178 g/mol. The van der Waals surface area contributed by atoms with E-state index in [1.54, 1.807) is 0 Å². The van der Waals surface area contributed by atoms with Gasteiger partial charge in [-0.15, -0.1) is 0 Å². The molecule has 3 nitrogen and oxygen atoms in total. The van der Waals surface area contributed by atoms with Crippen LogP contribution < -0.4 is 5.32 Å². The number of hydrogen-bond donors (Lipinski definition) is 1. The lowest BCUT2D eigenvalue weighted by molar-refractivity contribution is -0.252. The van der Waals surface area contributed by atoms with Crippen LogP contribution in [0.15, 0.2) is 0 Å². The molecular formula is C11H19NO2. The first-order valence-corrected chi connectivity index (χ1v) is 5.81. The Morgan fingerprint density at radius 3 is 2.50 bits per heavy atom. The quantitative estimate of drug-likeness (QED) is 0.683. The van der Waals surface area contributed by atoms with Crippen molar-refractivity contribution in [2.45, 2.75) is 37.5 Å². The highest BCUT2D eigenvalue weighted by atomic mass is 16.7. The maximum Gasteiger partial charge on any atom is 0.171 e. The van der Waals surface area contributed by atoms with Gasteiger partial charge in [-0.05, 0) is 32.2 Å². The molecule has 0 aromatic carbocycles. The molecule has 2 aliphatic carbocycles. The topological polar surface area (TPSA) is 30.5 Å². The van der Waals surface area contributed by atoms with Crippen LogP contribution in [0, 0.1) is 11.8 Å². The van der Waals surface area contributed by atoms with E-state index in [1.165, 1.54) is 19.3 Å². The summed E-state index contributed by atoms with van der Waals surface area (Å²) in [4.78, 5) is 0. The highest BCUT2D eigenvalue weighted by Gasteiger charge is 2.56. The van der Waals surface area contributed by atoms with Gasteiger partial charge in [0.25, 0.3) is 0 Å². The van der Waals surface area contributed by atoms with Gasteiger partial charge in [0.1, 0.15) is 0 Å². The van der Waals surface area contributed by atoms with E-state index >= 15 is 0 Å². The molecule has 1 heterocycles. The predicted molar refractivity (Wildman–Crippen MR) is 52.9 cm³/mol. The third kappa shape index (κ3) is 1.09. The molecule has 0 aromatic rings. The van der Waals surface area contributed by atoms with Gasteiger partial charge in [-0.2, -0.15) is 0 Å². The van der Waals surface area contributed by atoms with Crippen molar-refractivity contribution in [3.8, 4) is 0 Å². The van der Waals surface area contributed by atoms with Crippen molar-refractivity contribution in [1.82, 2.24) is 5.32 Å². The molecule has 1 spiro atoms. The Kier molecular flexibility index (Phi) is 2.08. The third-order valence-electron chi connectivity index (χ3n) is 4.36. The fraction of sp³-hybridized carbons (Fsp3) is 1.00. The van der Waals surface area contributed by atoms with E-state index in [0.29, 0.717) is 12.0 Å². The zero-order valence-electron chi connectivity index (χ0n) is 8.79. The van der Waals surface area contributed by atoms with Gasteiger partial charge in [-0.1, -0.05) is 0 Å². The molecule has 3 fully saturated rings. The van der Waals surface area contributed by atoms with Crippen molar-refractivity contribution >= 4 is 0 Å². The van der Waals surface area contributed by atoms with Gasteiger partial charge < -0.3 is 14.8 Å². The van der Waals surface area contributed by atoms with Crippen molar-refractivity contribution in [2.24, 2.45) is 11.8 Å². The van der Waals surface area contributed by atoms with Gasteiger partial charge in [0.15, 0.2) is 5.79 Å². The number of nitrogens with one attached hydrogen (secondary N) is 1. The highest BCUT2D eigenvalue weighted by molar-refractivity contribution is 5.02. The van der Waals surface area contributed by atoms with E-state index in [1.807, 2.05) is 0 Å². The van der Waals surface area contributed by atoms with Crippen molar-refractivity contribution in [1.29, 1.82) is 0 Å². The van der Waals surface area contributed by atoms with E-state index in [9.17, 15) is 0 Å². The van der Waals surface area contributed by atoms with Crippen LogP contribution in [-0.2, 0) is 9.47 Å². The third-order valence-corrected chi connectivity index (χ3v) is 4.36. The van der Waals surface area contributed by atoms with Crippen LogP contribution in [0.25, 0.3) is 0 Å². The lowest BCUT2D eigenvalue weighted by atomic mass is 9.60. The minimum absolute atomic E-state index is 0.170. The van der Waals surface area contributed by atoms with Crippen molar-refractivity contribution < 1.29 is 9.47 Å². The molecule has 2 saturated carbocycles. The lowest BCUT2D eigenvalue weighted by Crippen LogP contribution is -2.58. The molecule has 3 rings (SSSR count). The Hall–Kier alpha value is -0.120. The van der Waals surface area contributed by atoms with Gasteiger partial charge >= 0.3 is 0 Å². The molecule has 0 radical (unpaired) electrons. The summed E-state index contributed by atoms with van der Waals surface area (Å²) >= 11 is 0. The second-order valence-corrected chi connectivity index (χ2v) is 4.79. The summed E-state index contributed by atoms with van der Waals surface area (Å²) in [6, 6.07) is 0.701. The Bertz CT molecular complexity index is 225. The van der Waals surface area contributed by atoms with Gasteiger partial charge in [-0.25, -0.2) is 0 Å². The van der Waals surface area contributed by atoms with Crippen LogP contribution in [-0.4, -0.2) is 32.1 Å². The summed E-state index contributed by atoms with van der Waals surface area (Å²) in [7, 11) is 2.08. The van der Waals surface area contributed by atoms with Gasteiger partial charge in [0.2, 0.25) is 0 Å². The fourth-order valence-corrected chi connectivity index (χ4v) is 3.50. The molecule has 14 heavy (non-hydrogen) atoms. The molecule has 3 heteroatoms. The number of hydrogen-bond acceptors (Lipinski definition) is 3. The largest absolute Gasteiger partial charge is 0.347 e. The Morgan fingerprint density at radius 2 is 1.93 bits per heavy atom. The van der Waals surface area contributed by atoms with Crippen molar-refractivity contribution in [3.63, 3.8) is 0 Å². The summed E-state index contributed by atoms with van der Waals surface area (Å²) in [5, 5.41) is 3.43. The van der Waals surface area contributed by atoms with E-state index in [0.717, 1.165) is 25.6 Å². The minimum atomic E-state index is -0.170. The number of rotatable bonds is 1. The summed E-state index contributed by atoms with van der Waals surface area (Å²) in [5.41, 5.74) is 0. The summed E-state index contributed by atoms with van der Waals surface area (Å²) in [5.74, 6) is 1.29. The van der Waals surface area contributed by atoms with E-state index in [2.05, 4.69) is 12.4 Å². The predicted octanol–water partition coefficient (Wildman–Crippen LogP) is 1.14. The highest BCUT2D eigenvalue weighted by Crippen LogP contribution is 2.53. The van der Waals surface area contributed by atoms with Gasteiger partial charge in [-0.3, -0.25) is 0 Å². The van der Waals surface area contributed by atoms with Crippen LogP contribution in [0.2, 0.25) is 0 Å². The molecule has 1 N–H and O–H groups in total. The van der Waals surface area contributed by atoms with Gasteiger partial charge in [0, 0.05) is 18.4 Å². The normalized spacial score (nSPS) is 44.8. The van der Waals surface area contributed by atoms with E-state index in [-0.39, 0.29) is 5.79 Å². The van der Waals surface area contributed by atoms with E-state index < -0.39 is 0 Å². The van der Waals surface area contributed by atoms with E-state index in [4.69, 9.17) is 9.47 Å². The maximum absolute atomic E-state index is 5.86. The van der Waals surface area contributed by atoms with Crippen LogP contribution in [0.5, 0.6) is 0 Å². The number of ether oxygens (including phenoxy) is 2. The van der Waals surface area contributed by atoms with Crippen LogP contribution in [0.3, 0.4) is 0 Å². The Morgan fingerprint density at radius 1 is 1.14 bits per heavy atom. The lowest BCUT2D eigenvalue weighted by Gasteiger charge is -2.54. The Balaban J connectivity index is 1.78. The van der Waals surface area contributed by atoms with Crippen molar-refractivity contribution in [2.75, 3.05) is 20.3 Å². The first-order valence-electron chi connectivity index (χ1n) is 5.81. The number of fused-ring (bicyclic) bond motifs is 2. The second-order valence-electron chi connectivity index (χ2n) is 4.79. The van der Waals surface area contributed by atoms with Gasteiger partial charge in [0.05, 0.1) is 13.2 Å². The molecule has 0 aromatic heterocycles. The molecule has 3 aliphatic rings. The molecule has 0 bridgehead atoms. The zero-order valence-corrected chi connectivity index (χ0v) is 8.79. The molecule has 80 valence electrons. The Labute approximate surface area is 85.1 Å². The maximum atomic E-state index is 5.86. The molecule has 3 atom stereocenters. The minimum Gasteiger partial charge on any atom is -0.347 e. The molecule has 3 unspecified atom stereocenters. The SMILES string of the molecule is CNC1CCC2(OCCO2)C2CCC12. The van der Waals surface area contributed by atoms with Crippen LogP contribution in [0.1, 0.15) is 25.7 Å². The standard InChI is InChI=1S/C11H19NO2/c1-12-10-4-5-11(13-6-7-14-11)9-3-2-8(9)10/h8-10,12H,2-7H2,1H3. The molecule has 1 aliphatic heterocycles. The zero-order chi connectivity index (χ0) is 9.60. The fourth-order valence-electron chi connectivity index (χ4n) is 3.50. The summed E-state index contributed by atoms with van der Waals surface area (Å²) in [6.07, 6.45) is 4.94. The first-order chi connectivity index (χ1) is 6.86. The summed E-state index contributed by atoms with van der Waals surface area (Å²) in [6.45, 7) is 1.60. The van der Waals surface area contributed by atoms with Crippen LogP contribution >= 0.6 is 0 Å². The molecule has 1 saturated heterocycles. The average molecular weight is 197 g/mol. The monoisotopic (exact) mass is 197 g/mol. The summed E-state index contributed by atoms with van der Waals surface area (Å²) < 4.78 is 11.7. The first kappa shape index (κ1) is 9.13. The van der Waals surface area contributed by atoms with Crippen LogP contribution in [0.4, 0.5) is 0 Å².